The molecule has 3 rings (SSSR count). The number of hydrogen-bond acceptors (Lipinski definition) is 5. The van der Waals surface area contributed by atoms with Crippen LogP contribution in [-0.4, -0.2) is 29.9 Å². The van der Waals surface area contributed by atoms with Gasteiger partial charge in [0.1, 0.15) is 12.3 Å². The van der Waals surface area contributed by atoms with Gasteiger partial charge in [-0.15, -0.1) is 0 Å². The third-order valence-corrected chi connectivity index (χ3v) is 4.10. The second-order valence-electron chi connectivity index (χ2n) is 5.69. The van der Waals surface area contributed by atoms with Crippen LogP contribution in [0.1, 0.15) is 5.56 Å². The van der Waals surface area contributed by atoms with Gasteiger partial charge in [-0.2, -0.15) is 0 Å². The van der Waals surface area contributed by atoms with Crippen LogP contribution in [0.3, 0.4) is 0 Å². The van der Waals surface area contributed by atoms with Crippen molar-refractivity contribution in [3.05, 3.63) is 57.1 Å². The smallest absolute Gasteiger partial charge is 0.271 e. The fourth-order valence-electron chi connectivity index (χ4n) is 2.58. The van der Waals surface area contributed by atoms with Gasteiger partial charge in [-0.3, -0.25) is 24.6 Å². The number of fused-ring (bicyclic) bond motifs is 1. The molecule has 2 amide bonds. The Morgan fingerprint density at radius 2 is 2.12 bits per heavy atom. The average Bonchev–Trinajstić information content (AvgIpc) is 2.59. The van der Waals surface area contributed by atoms with Gasteiger partial charge < -0.3 is 10.1 Å². The molecule has 1 N–H and O–H groups in total. The summed E-state index contributed by atoms with van der Waals surface area (Å²) in [7, 11) is 0. The summed E-state index contributed by atoms with van der Waals surface area (Å²) >= 11 is 5.89. The molecule has 1 aliphatic rings. The van der Waals surface area contributed by atoms with E-state index in [0.29, 0.717) is 16.5 Å². The number of benzene rings is 2. The number of amides is 2. The van der Waals surface area contributed by atoms with Crippen LogP contribution in [0.25, 0.3) is 0 Å². The molecule has 0 radical (unpaired) electrons. The summed E-state index contributed by atoms with van der Waals surface area (Å²) in [6.07, 6.45) is 0. The van der Waals surface area contributed by atoms with Gasteiger partial charge in [0, 0.05) is 22.8 Å². The molecule has 1 aliphatic heterocycles. The van der Waals surface area contributed by atoms with Crippen molar-refractivity contribution in [2.24, 2.45) is 0 Å². The number of nitrogens with zero attached hydrogens (tertiary/aromatic N) is 2. The molecule has 0 unspecified atom stereocenters. The Morgan fingerprint density at radius 3 is 2.81 bits per heavy atom. The van der Waals surface area contributed by atoms with Crippen LogP contribution >= 0.6 is 11.6 Å². The van der Waals surface area contributed by atoms with Gasteiger partial charge in [0.15, 0.2) is 6.61 Å². The van der Waals surface area contributed by atoms with Crippen LogP contribution in [0.2, 0.25) is 5.02 Å². The van der Waals surface area contributed by atoms with Gasteiger partial charge in [0.05, 0.1) is 10.6 Å². The molecule has 0 saturated heterocycles. The number of rotatable bonds is 4. The van der Waals surface area contributed by atoms with Gasteiger partial charge in [0.25, 0.3) is 11.6 Å². The Kier molecular flexibility index (Phi) is 4.77. The molecule has 26 heavy (non-hydrogen) atoms. The minimum Gasteiger partial charge on any atom is -0.482 e. The molecule has 0 atom stereocenters. The van der Waals surface area contributed by atoms with Crippen molar-refractivity contribution in [1.29, 1.82) is 0 Å². The Hall–Kier alpha value is -3.13. The molecule has 0 fully saturated rings. The van der Waals surface area contributed by atoms with E-state index in [0.717, 1.165) is 5.56 Å². The minimum absolute atomic E-state index is 0.193. The summed E-state index contributed by atoms with van der Waals surface area (Å²) in [5, 5.41) is 14.2. The van der Waals surface area contributed by atoms with E-state index in [1.165, 1.54) is 23.1 Å². The van der Waals surface area contributed by atoms with Gasteiger partial charge in [-0.25, -0.2) is 0 Å². The number of hydrogen-bond donors (Lipinski definition) is 1. The molecule has 0 spiro atoms. The number of nitrogens with one attached hydrogen (secondary N) is 1. The van der Waals surface area contributed by atoms with E-state index in [1.54, 1.807) is 25.1 Å². The zero-order chi connectivity index (χ0) is 18.8. The monoisotopic (exact) mass is 375 g/mol. The third kappa shape index (κ3) is 3.60. The first-order valence-corrected chi connectivity index (χ1v) is 8.00. The lowest BCUT2D eigenvalue weighted by Crippen LogP contribution is -2.43. The van der Waals surface area contributed by atoms with Crippen molar-refractivity contribution in [3.8, 4) is 5.75 Å². The SMILES string of the molecule is Cc1cc(Cl)ccc1NC(=O)CN1C(=O)COc2ccc([N+](=O)[O-])cc21. The highest BCUT2D eigenvalue weighted by atomic mass is 35.5. The number of anilines is 2. The number of nitro benzene ring substituents is 1. The Morgan fingerprint density at radius 1 is 1.35 bits per heavy atom. The normalized spacial score (nSPS) is 13.0. The van der Waals surface area contributed by atoms with Crippen LogP contribution in [0.15, 0.2) is 36.4 Å². The van der Waals surface area contributed by atoms with Crippen LogP contribution < -0.4 is 15.0 Å². The van der Waals surface area contributed by atoms with Crippen molar-refractivity contribution in [2.75, 3.05) is 23.4 Å². The summed E-state index contributed by atoms with van der Waals surface area (Å²) in [6.45, 7) is 1.26. The zero-order valence-corrected chi connectivity index (χ0v) is 14.4. The van der Waals surface area contributed by atoms with Gasteiger partial charge >= 0.3 is 0 Å². The molecule has 0 aromatic heterocycles. The second-order valence-corrected chi connectivity index (χ2v) is 6.12. The van der Waals surface area contributed by atoms with E-state index < -0.39 is 16.7 Å². The highest BCUT2D eigenvalue weighted by Gasteiger charge is 2.29. The van der Waals surface area contributed by atoms with Crippen LogP contribution in [-0.2, 0) is 9.59 Å². The van der Waals surface area contributed by atoms with Crippen molar-refractivity contribution in [2.45, 2.75) is 6.92 Å². The summed E-state index contributed by atoms with van der Waals surface area (Å²) in [6, 6.07) is 8.92. The second kappa shape index (κ2) is 7.01. The Labute approximate surface area is 153 Å². The predicted molar refractivity (Wildman–Crippen MR) is 95.8 cm³/mol. The molecule has 2 aromatic rings. The summed E-state index contributed by atoms with van der Waals surface area (Å²) in [4.78, 5) is 36.1. The highest BCUT2D eigenvalue weighted by molar-refractivity contribution is 6.30. The van der Waals surface area contributed by atoms with E-state index >= 15 is 0 Å². The van der Waals surface area contributed by atoms with E-state index in [-0.39, 0.29) is 24.5 Å². The van der Waals surface area contributed by atoms with Crippen LogP contribution in [0, 0.1) is 17.0 Å². The Bertz CT molecular complexity index is 915. The maximum Gasteiger partial charge on any atom is 0.271 e. The first kappa shape index (κ1) is 17.7. The number of halogens is 1. The van der Waals surface area contributed by atoms with Crippen LogP contribution in [0.5, 0.6) is 5.75 Å². The Balaban J connectivity index is 1.83. The number of carbonyl (C=O) groups excluding carboxylic acids is 2. The summed E-state index contributed by atoms with van der Waals surface area (Å²) in [5.74, 6) is -0.588. The maximum atomic E-state index is 12.4. The quantitative estimate of drug-likeness (QED) is 0.654. The molecule has 1 heterocycles. The fraction of sp³-hybridized carbons (Fsp3) is 0.176. The van der Waals surface area contributed by atoms with Gasteiger partial charge in [-0.05, 0) is 36.8 Å². The van der Waals surface area contributed by atoms with Gasteiger partial charge in [-0.1, -0.05) is 11.6 Å². The van der Waals surface area contributed by atoms with Crippen LogP contribution in [0.4, 0.5) is 17.1 Å². The van der Waals surface area contributed by atoms with Crippen molar-refractivity contribution < 1.29 is 19.2 Å². The topological polar surface area (TPSA) is 102 Å². The summed E-state index contributed by atoms with van der Waals surface area (Å²) in [5.41, 5.74) is 1.34. The number of nitro groups is 1. The van der Waals surface area contributed by atoms with E-state index in [4.69, 9.17) is 16.3 Å². The lowest BCUT2D eigenvalue weighted by molar-refractivity contribution is -0.384. The summed E-state index contributed by atoms with van der Waals surface area (Å²) < 4.78 is 5.27. The molecule has 0 aliphatic carbocycles. The highest BCUT2D eigenvalue weighted by Crippen LogP contribution is 2.35. The van der Waals surface area contributed by atoms with Gasteiger partial charge in [0.2, 0.25) is 5.91 Å². The fourth-order valence-corrected chi connectivity index (χ4v) is 2.80. The molecule has 2 aromatic carbocycles. The number of aryl methyl sites for hydroxylation is 1. The number of ether oxygens (including phenoxy) is 1. The largest absolute Gasteiger partial charge is 0.482 e. The molecule has 0 saturated carbocycles. The molecular weight excluding hydrogens is 362 g/mol. The molecular formula is C17H14ClN3O5. The lowest BCUT2D eigenvalue weighted by Gasteiger charge is -2.28. The zero-order valence-electron chi connectivity index (χ0n) is 13.7. The number of carbonyl (C=O) groups is 2. The molecule has 8 nitrogen and oxygen atoms in total. The molecule has 0 bridgehead atoms. The molecule has 9 heteroatoms. The van der Waals surface area contributed by atoms with Crippen molar-refractivity contribution in [1.82, 2.24) is 0 Å². The van der Waals surface area contributed by atoms with E-state index in [2.05, 4.69) is 5.32 Å². The standard InChI is InChI=1S/C17H14ClN3O5/c1-10-6-11(18)2-4-13(10)19-16(22)8-20-14-7-12(21(24)25)3-5-15(14)26-9-17(20)23/h2-7H,8-9H2,1H3,(H,19,22). The van der Waals surface area contributed by atoms with Crippen molar-refractivity contribution in [3.63, 3.8) is 0 Å². The minimum atomic E-state index is -0.575. The first-order chi connectivity index (χ1) is 12.3. The van der Waals surface area contributed by atoms with Crippen molar-refractivity contribution >= 4 is 40.5 Å². The first-order valence-electron chi connectivity index (χ1n) is 7.63. The van der Waals surface area contributed by atoms with E-state index in [1.807, 2.05) is 0 Å². The lowest BCUT2D eigenvalue weighted by atomic mass is 10.2. The molecule has 134 valence electrons. The van der Waals surface area contributed by atoms with E-state index in [9.17, 15) is 19.7 Å². The number of non-ortho nitro benzene ring substituents is 1. The average molecular weight is 376 g/mol. The maximum absolute atomic E-state index is 12.4. The predicted octanol–water partition coefficient (Wildman–Crippen LogP) is 2.92. The third-order valence-electron chi connectivity index (χ3n) is 3.86.